The molecule has 0 aliphatic heterocycles. The zero-order valence-electron chi connectivity index (χ0n) is 13.6. The van der Waals surface area contributed by atoms with Gasteiger partial charge in [0.25, 0.3) is 0 Å². The fraction of sp³-hybridized carbons (Fsp3) is 0.278. The molecule has 128 valence electrons. The van der Waals surface area contributed by atoms with Crippen molar-refractivity contribution in [2.75, 3.05) is 5.32 Å². The van der Waals surface area contributed by atoms with E-state index in [4.69, 9.17) is 12.2 Å². The van der Waals surface area contributed by atoms with Crippen LogP contribution in [0.5, 0.6) is 0 Å². The highest BCUT2D eigenvalue weighted by Gasteiger charge is 2.13. The Hall–Kier alpha value is -2.25. The molecule has 2 N–H and O–H groups in total. The van der Waals surface area contributed by atoms with Gasteiger partial charge in [-0.15, -0.1) is 11.3 Å². The fourth-order valence-corrected chi connectivity index (χ4v) is 4.15. The van der Waals surface area contributed by atoms with E-state index in [2.05, 4.69) is 27.6 Å². The van der Waals surface area contributed by atoms with Crippen molar-refractivity contribution in [3.8, 4) is 10.7 Å². The van der Waals surface area contributed by atoms with Gasteiger partial charge in [0.1, 0.15) is 0 Å². The molecule has 1 aliphatic carbocycles. The predicted octanol–water partition coefficient (Wildman–Crippen LogP) is 4.19. The summed E-state index contributed by atoms with van der Waals surface area (Å²) in [6.07, 6.45) is 3.81. The minimum atomic E-state index is -0.0156. The molecular weight excluding hydrogens is 352 g/mol. The Labute approximate surface area is 154 Å². The number of carbonyl (C=O) groups excluding carboxylic acids is 1. The molecule has 1 aromatic carbocycles. The lowest BCUT2D eigenvalue weighted by Gasteiger charge is -2.09. The Balaban J connectivity index is 1.43. The third kappa shape index (κ3) is 3.43. The molecule has 0 saturated carbocycles. The minimum absolute atomic E-state index is 0.0156. The van der Waals surface area contributed by atoms with Gasteiger partial charge in [-0.05, 0) is 66.2 Å². The summed E-state index contributed by atoms with van der Waals surface area (Å²) in [5.41, 5.74) is 3.64. The molecule has 0 atom stereocenters. The number of anilines is 1. The van der Waals surface area contributed by atoms with Crippen LogP contribution in [0.4, 0.5) is 5.69 Å². The molecular formula is C18H18N4OS2. The first-order valence-corrected chi connectivity index (χ1v) is 9.60. The highest BCUT2D eigenvalue weighted by Crippen LogP contribution is 2.25. The highest BCUT2D eigenvalue weighted by atomic mass is 32.1. The van der Waals surface area contributed by atoms with Gasteiger partial charge < -0.3 is 5.32 Å². The van der Waals surface area contributed by atoms with Crippen molar-refractivity contribution < 1.29 is 4.79 Å². The molecule has 0 fully saturated rings. The van der Waals surface area contributed by atoms with Gasteiger partial charge in [-0.2, -0.15) is 5.10 Å². The number of nitrogens with one attached hydrogen (secondary N) is 2. The van der Waals surface area contributed by atoms with Crippen molar-refractivity contribution >= 4 is 35.1 Å². The number of benzene rings is 1. The van der Waals surface area contributed by atoms with E-state index < -0.39 is 0 Å². The highest BCUT2D eigenvalue weighted by molar-refractivity contribution is 7.71. The standard InChI is InChI=1S/C18H18N4OS2/c23-16(19-14-7-6-12-3-1-4-13(12)11-14)8-9-22-17(20-21-18(22)24)15-5-2-10-25-15/h2,5-7,10-11H,1,3-4,8-9H2,(H,19,23)(H,21,24). The van der Waals surface area contributed by atoms with Gasteiger partial charge in [-0.25, -0.2) is 0 Å². The van der Waals surface area contributed by atoms with Crippen molar-refractivity contribution in [3.05, 3.63) is 51.6 Å². The number of amides is 1. The normalized spacial score (nSPS) is 13.0. The first-order valence-electron chi connectivity index (χ1n) is 8.31. The number of hydrogen-bond acceptors (Lipinski definition) is 4. The van der Waals surface area contributed by atoms with Crippen molar-refractivity contribution in [1.82, 2.24) is 14.8 Å². The monoisotopic (exact) mass is 370 g/mol. The average Bonchev–Trinajstić information content (AvgIpc) is 3.33. The second kappa shape index (κ2) is 6.93. The van der Waals surface area contributed by atoms with Gasteiger partial charge in [0.05, 0.1) is 4.88 Å². The predicted molar refractivity (Wildman–Crippen MR) is 102 cm³/mol. The molecule has 0 unspecified atom stereocenters. The Bertz CT molecular complexity index is 956. The summed E-state index contributed by atoms with van der Waals surface area (Å²) in [6, 6.07) is 10.2. The lowest BCUT2D eigenvalue weighted by molar-refractivity contribution is -0.116. The van der Waals surface area contributed by atoms with Crippen molar-refractivity contribution in [1.29, 1.82) is 0 Å². The summed E-state index contributed by atoms with van der Waals surface area (Å²) in [7, 11) is 0. The molecule has 0 saturated heterocycles. The van der Waals surface area contributed by atoms with E-state index in [1.54, 1.807) is 11.3 Å². The van der Waals surface area contributed by atoms with Gasteiger partial charge in [-0.1, -0.05) is 12.1 Å². The summed E-state index contributed by atoms with van der Waals surface area (Å²) in [5.74, 6) is 0.767. The fourth-order valence-electron chi connectivity index (χ4n) is 3.21. The summed E-state index contributed by atoms with van der Waals surface area (Å²) >= 11 is 6.90. The van der Waals surface area contributed by atoms with Crippen LogP contribution in [0.2, 0.25) is 0 Å². The topological polar surface area (TPSA) is 62.7 Å². The summed E-state index contributed by atoms with van der Waals surface area (Å²) in [6.45, 7) is 0.499. The SMILES string of the molecule is O=C(CCn1c(-c2cccs2)n[nH]c1=S)Nc1ccc2c(c1)CCC2. The molecule has 25 heavy (non-hydrogen) atoms. The molecule has 0 radical (unpaired) electrons. The first-order chi connectivity index (χ1) is 12.2. The smallest absolute Gasteiger partial charge is 0.226 e. The van der Waals surface area contributed by atoms with E-state index in [1.165, 1.54) is 17.5 Å². The first kappa shape index (κ1) is 16.2. The van der Waals surface area contributed by atoms with Gasteiger partial charge in [0.2, 0.25) is 5.91 Å². The number of aryl methyl sites for hydroxylation is 2. The summed E-state index contributed by atoms with van der Waals surface area (Å²) < 4.78 is 2.41. The average molecular weight is 371 g/mol. The molecule has 3 aromatic rings. The molecule has 0 spiro atoms. The number of carbonyl (C=O) groups is 1. The van der Waals surface area contributed by atoms with Crippen molar-refractivity contribution in [2.45, 2.75) is 32.2 Å². The van der Waals surface area contributed by atoms with E-state index >= 15 is 0 Å². The van der Waals surface area contributed by atoms with Gasteiger partial charge in [0.15, 0.2) is 10.6 Å². The largest absolute Gasteiger partial charge is 0.326 e. The molecule has 1 amide bonds. The number of nitrogens with zero attached hydrogens (tertiary/aromatic N) is 2. The maximum Gasteiger partial charge on any atom is 0.226 e. The molecule has 5 nitrogen and oxygen atoms in total. The van der Waals surface area contributed by atoms with Crippen molar-refractivity contribution in [3.63, 3.8) is 0 Å². The zero-order valence-corrected chi connectivity index (χ0v) is 15.3. The van der Waals surface area contributed by atoms with Crippen LogP contribution >= 0.6 is 23.6 Å². The van der Waals surface area contributed by atoms with Crippen molar-refractivity contribution in [2.24, 2.45) is 0 Å². The van der Waals surface area contributed by atoms with Gasteiger partial charge in [0, 0.05) is 18.7 Å². The van der Waals surface area contributed by atoms with E-state index in [9.17, 15) is 4.79 Å². The number of aromatic amines is 1. The third-order valence-corrected chi connectivity index (χ3v) is 5.62. The number of rotatable bonds is 5. The van der Waals surface area contributed by atoms with E-state index in [-0.39, 0.29) is 5.91 Å². The molecule has 7 heteroatoms. The number of thiophene rings is 1. The lowest BCUT2D eigenvalue weighted by Crippen LogP contribution is -2.15. The van der Waals surface area contributed by atoms with Crippen LogP contribution in [0.25, 0.3) is 10.7 Å². The maximum atomic E-state index is 12.3. The molecule has 2 heterocycles. The number of H-pyrrole nitrogens is 1. The summed E-state index contributed by atoms with van der Waals surface area (Å²) in [4.78, 5) is 13.4. The van der Waals surface area contributed by atoms with E-state index in [0.29, 0.717) is 17.7 Å². The minimum Gasteiger partial charge on any atom is -0.326 e. The number of fused-ring (bicyclic) bond motifs is 1. The maximum absolute atomic E-state index is 12.3. The van der Waals surface area contributed by atoms with Crippen LogP contribution in [-0.2, 0) is 24.2 Å². The van der Waals surface area contributed by atoms with Crippen LogP contribution in [0.1, 0.15) is 24.0 Å². The number of hydrogen-bond donors (Lipinski definition) is 2. The quantitative estimate of drug-likeness (QED) is 0.662. The molecule has 0 bridgehead atoms. The summed E-state index contributed by atoms with van der Waals surface area (Å²) in [5, 5.41) is 12.1. The second-order valence-electron chi connectivity index (χ2n) is 6.12. The van der Waals surface area contributed by atoms with Crippen LogP contribution < -0.4 is 5.32 Å². The second-order valence-corrected chi connectivity index (χ2v) is 7.45. The zero-order chi connectivity index (χ0) is 17.2. The van der Waals surface area contributed by atoms with Crippen LogP contribution in [0, 0.1) is 4.77 Å². The van der Waals surface area contributed by atoms with Crippen LogP contribution in [-0.4, -0.2) is 20.7 Å². The Morgan fingerprint density at radius 1 is 1.32 bits per heavy atom. The number of aromatic nitrogens is 3. The molecule has 4 rings (SSSR count). The molecule has 2 aromatic heterocycles. The Morgan fingerprint density at radius 2 is 2.20 bits per heavy atom. The van der Waals surface area contributed by atoms with Crippen LogP contribution in [0.15, 0.2) is 35.7 Å². The molecule has 1 aliphatic rings. The Kier molecular flexibility index (Phi) is 4.50. The van der Waals surface area contributed by atoms with Gasteiger partial charge in [-0.3, -0.25) is 14.5 Å². The van der Waals surface area contributed by atoms with Gasteiger partial charge >= 0.3 is 0 Å². The Morgan fingerprint density at radius 3 is 3.04 bits per heavy atom. The third-order valence-electron chi connectivity index (χ3n) is 4.44. The van der Waals surface area contributed by atoms with Crippen LogP contribution in [0.3, 0.4) is 0 Å². The lowest BCUT2D eigenvalue weighted by atomic mass is 10.1. The van der Waals surface area contributed by atoms with E-state index in [1.807, 2.05) is 28.1 Å². The van der Waals surface area contributed by atoms with E-state index in [0.717, 1.165) is 29.2 Å².